The normalized spacial score (nSPS) is 11.8. The van der Waals surface area contributed by atoms with Crippen LogP contribution in [0.3, 0.4) is 0 Å². The SMILES string of the molecule is OC(c1ccccc1)(c1ccccc1)c1ccccc1-c1ccccc1C(O)(c1ccccc1)c1ccccc1. The number of benzene rings is 6. The van der Waals surface area contributed by atoms with Gasteiger partial charge in [-0.05, 0) is 33.4 Å². The molecule has 2 N–H and O–H groups in total. The molecule has 0 aliphatic heterocycles. The smallest absolute Gasteiger partial charge is 0.141 e. The zero-order valence-corrected chi connectivity index (χ0v) is 22.1. The van der Waals surface area contributed by atoms with Gasteiger partial charge < -0.3 is 10.2 Å². The van der Waals surface area contributed by atoms with Crippen LogP contribution in [-0.2, 0) is 11.2 Å². The van der Waals surface area contributed by atoms with Gasteiger partial charge in [0.05, 0.1) is 0 Å². The molecule has 6 rings (SSSR count). The molecule has 6 aromatic carbocycles. The fraction of sp³-hybridized carbons (Fsp3) is 0.0526. The van der Waals surface area contributed by atoms with Crippen molar-refractivity contribution in [3.8, 4) is 11.1 Å². The van der Waals surface area contributed by atoms with E-state index in [9.17, 15) is 10.2 Å². The average Bonchev–Trinajstić information content (AvgIpc) is 3.05. The maximum absolute atomic E-state index is 12.7. The van der Waals surface area contributed by atoms with Crippen LogP contribution in [0, 0.1) is 0 Å². The zero-order chi connectivity index (χ0) is 27.4. The topological polar surface area (TPSA) is 40.5 Å². The predicted octanol–water partition coefficient (Wildman–Crippen LogP) is 7.92. The van der Waals surface area contributed by atoms with Gasteiger partial charge in [-0.3, -0.25) is 0 Å². The van der Waals surface area contributed by atoms with Crippen LogP contribution < -0.4 is 0 Å². The highest BCUT2D eigenvalue weighted by molar-refractivity contribution is 5.76. The Labute approximate surface area is 235 Å². The van der Waals surface area contributed by atoms with Crippen LogP contribution in [0.2, 0.25) is 0 Å². The standard InChI is InChI=1S/C38H30O2/c39-37(29-17-5-1-6-18-29,30-19-7-2-8-20-30)35-27-15-13-25-33(35)34-26-14-16-28-36(34)38(40,31-21-9-3-10-22-31)32-23-11-4-12-24-32/h1-28,39-40H. The molecule has 40 heavy (non-hydrogen) atoms. The number of hydrogen-bond donors (Lipinski definition) is 2. The molecule has 194 valence electrons. The first-order valence-corrected chi connectivity index (χ1v) is 13.5. The van der Waals surface area contributed by atoms with Crippen molar-refractivity contribution in [1.82, 2.24) is 0 Å². The van der Waals surface area contributed by atoms with E-state index in [1.54, 1.807) is 0 Å². The van der Waals surface area contributed by atoms with Crippen molar-refractivity contribution in [2.75, 3.05) is 0 Å². The Hall–Kier alpha value is -4.76. The summed E-state index contributed by atoms with van der Waals surface area (Å²) >= 11 is 0. The molecule has 0 aliphatic rings. The van der Waals surface area contributed by atoms with Gasteiger partial charge in [0.1, 0.15) is 11.2 Å². The van der Waals surface area contributed by atoms with Crippen LogP contribution in [-0.4, -0.2) is 10.2 Å². The fourth-order valence-corrected chi connectivity index (χ4v) is 5.74. The highest BCUT2D eigenvalue weighted by atomic mass is 16.3. The summed E-state index contributed by atoms with van der Waals surface area (Å²) < 4.78 is 0. The van der Waals surface area contributed by atoms with Gasteiger partial charge in [0, 0.05) is 11.1 Å². The largest absolute Gasteiger partial charge is 0.376 e. The summed E-state index contributed by atoms with van der Waals surface area (Å²) in [6.07, 6.45) is 0. The van der Waals surface area contributed by atoms with E-state index in [1.807, 2.05) is 170 Å². The van der Waals surface area contributed by atoms with Gasteiger partial charge in [-0.25, -0.2) is 0 Å². The molecule has 0 radical (unpaired) electrons. The van der Waals surface area contributed by atoms with Crippen LogP contribution in [0.25, 0.3) is 11.1 Å². The molecule has 0 amide bonds. The van der Waals surface area contributed by atoms with Crippen LogP contribution in [0.4, 0.5) is 0 Å². The molecule has 0 aliphatic carbocycles. The summed E-state index contributed by atoms with van der Waals surface area (Å²) in [4.78, 5) is 0. The van der Waals surface area contributed by atoms with Gasteiger partial charge in [0.25, 0.3) is 0 Å². The van der Waals surface area contributed by atoms with Gasteiger partial charge >= 0.3 is 0 Å². The van der Waals surface area contributed by atoms with Crippen LogP contribution >= 0.6 is 0 Å². The molecule has 2 nitrogen and oxygen atoms in total. The van der Waals surface area contributed by atoms with E-state index in [0.717, 1.165) is 44.5 Å². The molecule has 0 unspecified atom stereocenters. The Morgan fingerprint density at radius 2 is 0.500 bits per heavy atom. The molecule has 0 fully saturated rings. The Morgan fingerprint density at radius 1 is 0.275 bits per heavy atom. The Kier molecular flexibility index (Phi) is 6.88. The van der Waals surface area contributed by atoms with Crippen LogP contribution in [0.15, 0.2) is 170 Å². The highest BCUT2D eigenvalue weighted by Crippen LogP contribution is 2.46. The monoisotopic (exact) mass is 518 g/mol. The molecule has 0 aromatic heterocycles. The van der Waals surface area contributed by atoms with Crippen molar-refractivity contribution in [3.05, 3.63) is 203 Å². The van der Waals surface area contributed by atoms with Gasteiger partial charge in [0.2, 0.25) is 0 Å². The van der Waals surface area contributed by atoms with Crippen LogP contribution in [0.1, 0.15) is 33.4 Å². The second kappa shape index (κ2) is 10.8. The maximum Gasteiger partial charge on any atom is 0.141 e. The second-order valence-corrected chi connectivity index (χ2v) is 9.98. The van der Waals surface area contributed by atoms with Crippen LogP contribution in [0.5, 0.6) is 0 Å². The van der Waals surface area contributed by atoms with Gasteiger partial charge in [-0.1, -0.05) is 170 Å². The summed E-state index contributed by atoms with van der Waals surface area (Å²) in [7, 11) is 0. The lowest BCUT2D eigenvalue weighted by Crippen LogP contribution is -2.31. The molecule has 0 atom stereocenters. The highest BCUT2D eigenvalue weighted by Gasteiger charge is 2.39. The van der Waals surface area contributed by atoms with Crippen molar-refractivity contribution in [2.24, 2.45) is 0 Å². The average molecular weight is 519 g/mol. The summed E-state index contributed by atoms with van der Waals surface area (Å²) in [5, 5.41) is 25.5. The first kappa shape index (κ1) is 25.5. The van der Waals surface area contributed by atoms with E-state index in [0.29, 0.717) is 0 Å². The zero-order valence-electron chi connectivity index (χ0n) is 22.1. The first-order chi connectivity index (χ1) is 19.6. The Balaban J connectivity index is 1.65. The van der Waals surface area contributed by atoms with E-state index in [-0.39, 0.29) is 0 Å². The van der Waals surface area contributed by atoms with E-state index in [2.05, 4.69) is 0 Å². The maximum atomic E-state index is 12.7. The lowest BCUT2D eigenvalue weighted by atomic mass is 9.73. The Morgan fingerprint density at radius 3 is 0.775 bits per heavy atom. The molecule has 0 heterocycles. The Bertz CT molecular complexity index is 1490. The third kappa shape index (κ3) is 4.34. The summed E-state index contributed by atoms with van der Waals surface area (Å²) in [6, 6.07) is 55.0. The first-order valence-electron chi connectivity index (χ1n) is 13.5. The fourth-order valence-electron chi connectivity index (χ4n) is 5.74. The van der Waals surface area contributed by atoms with Gasteiger partial charge in [-0.15, -0.1) is 0 Å². The third-order valence-electron chi connectivity index (χ3n) is 7.69. The summed E-state index contributed by atoms with van der Waals surface area (Å²) in [5.41, 5.74) is 3.40. The van der Waals surface area contributed by atoms with E-state index in [4.69, 9.17) is 0 Å². The molecule has 0 saturated heterocycles. The number of aliphatic hydroxyl groups is 2. The number of rotatable bonds is 7. The second-order valence-electron chi connectivity index (χ2n) is 9.98. The molecular formula is C38H30O2. The number of hydrogen-bond acceptors (Lipinski definition) is 2. The van der Waals surface area contributed by atoms with Crippen molar-refractivity contribution in [1.29, 1.82) is 0 Å². The predicted molar refractivity (Wildman–Crippen MR) is 162 cm³/mol. The van der Waals surface area contributed by atoms with Crippen molar-refractivity contribution in [3.63, 3.8) is 0 Å². The van der Waals surface area contributed by atoms with Gasteiger partial charge in [-0.2, -0.15) is 0 Å². The van der Waals surface area contributed by atoms with Gasteiger partial charge in [0.15, 0.2) is 0 Å². The molecule has 0 bridgehead atoms. The minimum absolute atomic E-state index is 0.739. The lowest BCUT2D eigenvalue weighted by Gasteiger charge is -2.35. The minimum atomic E-state index is -1.43. The van der Waals surface area contributed by atoms with E-state index in [1.165, 1.54) is 0 Å². The molecular weight excluding hydrogens is 488 g/mol. The third-order valence-corrected chi connectivity index (χ3v) is 7.69. The van der Waals surface area contributed by atoms with Crippen molar-refractivity contribution in [2.45, 2.75) is 11.2 Å². The van der Waals surface area contributed by atoms with Crippen molar-refractivity contribution < 1.29 is 10.2 Å². The van der Waals surface area contributed by atoms with Crippen molar-refractivity contribution >= 4 is 0 Å². The molecule has 0 saturated carbocycles. The van der Waals surface area contributed by atoms with E-state index < -0.39 is 11.2 Å². The summed E-state index contributed by atoms with van der Waals surface area (Å²) in [5.74, 6) is 0. The molecule has 2 heteroatoms. The lowest BCUT2D eigenvalue weighted by molar-refractivity contribution is 0.124. The quantitative estimate of drug-likeness (QED) is 0.211. The summed E-state index contributed by atoms with van der Waals surface area (Å²) in [6.45, 7) is 0. The molecule has 6 aromatic rings. The molecule has 0 spiro atoms. The minimum Gasteiger partial charge on any atom is -0.376 e. The van der Waals surface area contributed by atoms with E-state index >= 15 is 0 Å².